The molecule has 0 aliphatic carbocycles. The smallest absolute Gasteiger partial charge is 0.152 e. The molecule has 1 N–H and O–H groups in total. The number of nitrogens with zero attached hydrogens (tertiary/aromatic N) is 1. The summed E-state index contributed by atoms with van der Waals surface area (Å²) in [7, 11) is 0. The van der Waals surface area contributed by atoms with Gasteiger partial charge < -0.3 is 10.0 Å². The summed E-state index contributed by atoms with van der Waals surface area (Å²) in [5, 5.41) is 7.89. The monoisotopic (exact) mass is 127 g/mol. The number of rotatable bonds is 0. The molecular weight excluding hydrogens is 121 g/mol. The van der Waals surface area contributed by atoms with Crippen molar-refractivity contribution in [3.63, 3.8) is 0 Å². The summed E-state index contributed by atoms with van der Waals surface area (Å²) in [5.41, 5.74) is 0. The van der Waals surface area contributed by atoms with E-state index in [0.717, 1.165) is 6.29 Å². The molecule has 0 amide bonds. The SMILES string of the molecule is CC=O.Cl.O=NO. The van der Waals surface area contributed by atoms with Gasteiger partial charge in [0.25, 0.3) is 0 Å². The van der Waals surface area contributed by atoms with Gasteiger partial charge in [0.1, 0.15) is 6.29 Å². The van der Waals surface area contributed by atoms with Crippen LogP contribution in [-0.4, -0.2) is 11.5 Å². The summed E-state index contributed by atoms with van der Waals surface area (Å²) < 4.78 is 0. The molecule has 44 valence electrons. The molecule has 0 spiro atoms. The fourth-order valence-electron chi connectivity index (χ4n) is 0. The van der Waals surface area contributed by atoms with Crippen LogP contribution in [0.15, 0.2) is 5.34 Å². The number of carbonyl (C=O) groups excluding carboxylic acids is 1. The van der Waals surface area contributed by atoms with Gasteiger partial charge in [0, 0.05) is 0 Å². The fourth-order valence-corrected chi connectivity index (χ4v) is 0. The van der Waals surface area contributed by atoms with Gasteiger partial charge in [-0.25, -0.2) is 0 Å². The average molecular weight is 128 g/mol. The van der Waals surface area contributed by atoms with Gasteiger partial charge in [0.2, 0.25) is 0 Å². The van der Waals surface area contributed by atoms with Crippen molar-refractivity contribution in [1.29, 1.82) is 0 Å². The van der Waals surface area contributed by atoms with E-state index in [-0.39, 0.29) is 12.4 Å². The van der Waals surface area contributed by atoms with E-state index in [1.165, 1.54) is 12.3 Å². The molecule has 0 aliphatic rings. The third kappa shape index (κ3) is 148. The highest BCUT2D eigenvalue weighted by molar-refractivity contribution is 5.85. The molecule has 4 nitrogen and oxygen atoms in total. The second kappa shape index (κ2) is 55.1. The highest BCUT2D eigenvalue weighted by Crippen LogP contribution is 1.25. The van der Waals surface area contributed by atoms with Crippen molar-refractivity contribution in [3.05, 3.63) is 4.91 Å². The number of hydrogen-bond donors (Lipinski definition) is 1. The Labute approximate surface area is 46.9 Å². The van der Waals surface area contributed by atoms with E-state index in [9.17, 15) is 0 Å². The zero-order valence-corrected chi connectivity index (χ0v) is 4.51. The Balaban J connectivity index is -0.0000000400. The third-order valence-electron chi connectivity index (χ3n) is 0. The summed E-state index contributed by atoms with van der Waals surface area (Å²) in [6.45, 7) is 1.44. The van der Waals surface area contributed by atoms with E-state index in [4.69, 9.17) is 14.9 Å². The molecule has 0 aromatic rings. The van der Waals surface area contributed by atoms with E-state index in [0.29, 0.717) is 0 Å². The van der Waals surface area contributed by atoms with Crippen LogP contribution < -0.4 is 0 Å². The lowest BCUT2D eigenvalue weighted by molar-refractivity contribution is -0.106. The maximum absolute atomic E-state index is 8.81. The molecule has 0 saturated carbocycles. The Hall–Kier alpha value is -0.640. The van der Waals surface area contributed by atoms with E-state index in [1.807, 2.05) is 0 Å². The number of halogens is 1. The van der Waals surface area contributed by atoms with Crippen LogP contribution in [0.3, 0.4) is 0 Å². The zero-order chi connectivity index (χ0) is 5.41. The van der Waals surface area contributed by atoms with Gasteiger partial charge in [-0.1, -0.05) is 0 Å². The predicted octanol–water partition coefficient (Wildman–Crippen LogP) is 0.769. The predicted molar refractivity (Wildman–Crippen MR) is 26.6 cm³/mol. The van der Waals surface area contributed by atoms with Gasteiger partial charge >= 0.3 is 0 Å². The van der Waals surface area contributed by atoms with Crippen LogP contribution in [0.5, 0.6) is 0 Å². The molecule has 0 bridgehead atoms. The summed E-state index contributed by atoms with van der Waals surface area (Å²) in [6, 6.07) is 0. The topological polar surface area (TPSA) is 66.7 Å². The standard InChI is InChI=1S/C2H4O.ClH.HNO2/c1-2-3;;2-1-3/h2H,1H3;1H;(H,2,3). The van der Waals surface area contributed by atoms with Crippen molar-refractivity contribution >= 4 is 18.7 Å². The van der Waals surface area contributed by atoms with Gasteiger partial charge in [-0.15, -0.1) is 17.3 Å². The zero-order valence-electron chi connectivity index (χ0n) is 3.70. The molecule has 0 aliphatic heterocycles. The van der Waals surface area contributed by atoms with E-state index in [2.05, 4.69) is 0 Å². The van der Waals surface area contributed by atoms with Crippen molar-refractivity contribution in [2.75, 3.05) is 0 Å². The summed E-state index contributed by atoms with van der Waals surface area (Å²) in [4.78, 5) is 16.9. The number of aldehydes is 1. The van der Waals surface area contributed by atoms with Crippen molar-refractivity contribution in [2.45, 2.75) is 6.92 Å². The molecule has 0 aromatic heterocycles. The van der Waals surface area contributed by atoms with Crippen LogP contribution in [0, 0.1) is 4.91 Å². The minimum absolute atomic E-state index is 0. The first-order chi connectivity index (χ1) is 2.83. The normalized spacial score (nSPS) is 3.57. The quantitative estimate of drug-likeness (QED) is 0.297. The molecular formula is C2H6ClNO3. The van der Waals surface area contributed by atoms with Crippen LogP contribution in [0.1, 0.15) is 6.92 Å². The van der Waals surface area contributed by atoms with Gasteiger partial charge in [0.05, 0.1) is 0 Å². The molecule has 0 fully saturated rings. The molecule has 7 heavy (non-hydrogen) atoms. The number of carbonyl (C=O) groups is 1. The molecule has 5 heteroatoms. The van der Waals surface area contributed by atoms with E-state index < -0.39 is 0 Å². The largest absolute Gasteiger partial charge is 0.379 e. The molecule has 0 heterocycles. The van der Waals surface area contributed by atoms with Gasteiger partial charge in [-0.3, -0.25) is 0 Å². The second-order valence-electron chi connectivity index (χ2n) is 0.317. The first-order valence-electron chi connectivity index (χ1n) is 1.20. The van der Waals surface area contributed by atoms with Crippen LogP contribution in [0.25, 0.3) is 0 Å². The van der Waals surface area contributed by atoms with Crippen molar-refractivity contribution in [1.82, 2.24) is 0 Å². The average Bonchev–Trinajstić information content (AvgIpc) is 1.39. The third-order valence-corrected chi connectivity index (χ3v) is 0. The van der Waals surface area contributed by atoms with Crippen LogP contribution >= 0.6 is 12.4 Å². The van der Waals surface area contributed by atoms with Crippen LogP contribution in [0.2, 0.25) is 0 Å². The Kier molecular flexibility index (Phi) is 127. The molecule has 0 rings (SSSR count). The van der Waals surface area contributed by atoms with Crippen molar-refractivity contribution in [2.24, 2.45) is 5.34 Å². The Morgan fingerprint density at radius 3 is 1.71 bits per heavy atom. The maximum atomic E-state index is 8.81. The van der Waals surface area contributed by atoms with Crippen LogP contribution in [-0.2, 0) is 4.79 Å². The fraction of sp³-hybridized carbons (Fsp3) is 0.500. The van der Waals surface area contributed by atoms with Gasteiger partial charge in [0.15, 0.2) is 5.34 Å². The lowest BCUT2D eigenvalue weighted by Crippen LogP contribution is -1.36. The Bertz CT molecular complexity index is 33.9. The van der Waals surface area contributed by atoms with Crippen molar-refractivity contribution < 1.29 is 10.0 Å². The molecule has 0 radical (unpaired) electrons. The molecule has 0 aromatic carbocycles. The summed E-state index contributed by atoms with van der Waals surface area (Å²) in [5.74, 6) is 0. The first-order valence-corrected chi connectivity index (χ1v) is 1.20. The van der Waals surface area contributed by atoms with E-state index in [1.54, 1.807) is 0 Å². The highest BCUT2D eigenvalue weighted by atomic mass is 35.5. The molecule has 0 atom stereocenters. The summed E-state index contributed by atoms with van der Waals surface area (Å²) in [6.07, 6.45) is 0.750. The lowest BCUT2D eigenvalue weighted by atomic mass is 11.0. The minimum atomic E-state index is 0. The maximum Gasteiger partial charge on any atom is 0.152 e. The van der Waals surface area contributed by atoms with Gasteiger partial charge in [-0.05, 0) is 6.92 Å². The highest BCUT2D eigenvalue weighted by Gasteiger charge is 1.24. The minimum Gasteiger partial charge on any atom is -0.379 e. The summed E-state index contributed by atoms with van der Waals surface area (Å²) >= 11 is 0. The molecule has 0 unspecified atom stereocenters. The molecule has 0 saturated heterocycles. The van der Waals surface area contributed by atoms with Crippen molar-refractivity contribution in [3.8, 4) is 0 Å². The van der Waals surface area contributed by atoms with Crippen LogP contribution in [0.4, 0.5) is 0 Å². The van der Waals surface area contributed by atoms with E-state index >= 15 is 0 Å². The number of hydrogen-bond acceptors (Lipinski definition) is 3. The Morgan fingerprint density at radius 2 is 1.71 bits per heavy atom. The lowest BCUT2D eigenvalue weighted by Gasteiger charge is -1.32. The first kappa shape index (κ1) is 16.2. The second-order valence-corrected chi connectivity index (χ2v) is 0.317. The van der Waals surface area contributed by atoms with Gasteiger partial charge in [-0.2, -0.15) is 0 Å². The Morgan fingerprint density at radius 1 is 1.71 bits per heavy atom.